The number of ether oxygens (including phenoxy) is 2. The highest BCUT2D eigenvalue weighted by Crippen LogP contribution is 2.37. The number of hydrogen-bond donors (Lipinski definition) is 0. The first-order chi connectivity index (χ1) is 10.0. The van der Waals surface area contributed by atoms with Gasteiger partial charge in [0.2, 0.25) is 0 Å². The van der Waals surface area contributed by atoms with Crippen LogP contribution in [0.25, 0.3) is 0 Å². The Bertz CT molecular complexity index is 650. The third-order valence-corrected chi connectivity index (χ3v) is 4.35. The lowest BCUT2D eigenvalue weighted by Gasteiger charge is -2.14. The predicted molar refractivity (Wildman–Crippen MR) is 89.1 cm³/mol. The molecule has 0 unspecified atom stereocenters. The lowest BCUT2D eigenvalue weighted by Crippen LogP contribution is -2.00. The van der Waals surface area contributed by atoms with Crippen molar-refractivity contribution in [1.29, 1.82) is 0 Å². The van der Waals surface area contributed by atoms with Crippen LogP contribution in [0, 0.1) is 5.82 Å². The van der Waals surface area contributed by atoms with Crippen molar-refractivity contribution >= 4 is 43.5 Å². The van der Waals surface area contributed by atoms with E-state index < -0.39 is 5.82 Å². The summed E-state index contributed by atoms with van der Waals surface area (Å²) in [6.45, 7) is 0.219. The summed E-state index contributed by atoms with van der Waals surface area (Å²) in [6, 6.07) is 8.41. The molecule has 21 heavy (non-hydrogen) atoms. The topological polar surface area (TPSA) is 18.5 Å². The monoisotopic (exact) mass is 436 g/mol. The highest BCUT2D eigenvalue weighted by atomic mass is 79.9. The van der Waals surface area contributed by atoms with E-state index in [1.165, 1.54) is 12.1 Å². The van der Waals surface area contributed by atoms with Crippen molar-refractivity contribution in [2.75, 3.05) is 7.11 Å². The summed E-state index contributed by atoms with van der Waals surface area (Å²) in [5.41, 5.74) is 1.75. The summed E-state index contributed by atoms with van der Waals surface area (Å²) in [5.74, 6) is 0.740. The van der Waals surface area contributed by atoms with Gasteiger partial charge in [0.15, 0.2) is 11.5 Å². The molecule has 0 aliphatic heterocycles. The molecule has 0 bridgehead atoms. The average molecular weight is 439 g/mol. The Morgan fingerprint density at radius 1 is 1.19 bits per heavy atom. The van der Waals surface area contributed by atoms with Crippen LogP contribution in [0.1, 0.15) is 11.1 Å². The fraction of sp³-hybridized carbons (Fsp3) is 0.200. The first kappa shape index (κ1) is 16.6. The molecule has 0 heterocycles. The lowest BCUT2D eigenvalue weighted by atomic mass is 10.2. The largest absolute Gasteiger partial charge is 0.493 e. The smallest absolute Gasteiger partial charge is 0.175 e. The first-order valence-corrected chi connectivity index (χ1v) is 8.33. The Morgan fingerprint density at radius 3 is 2.57 bits per heavy atom. The molecule has 0 spiro atoms. The van der Waals surface area contributed by atoms with E-state index in [1.54, 1.807) is 13.2 Å². The van der Waals surface area contributed by atoms with Crippen LogP contribution in [0.4, 0.5) is 4.39 Å². The Balaban J connectivity index is 2.21. The van der Waals surface area contributed by atoms with Crippen LogP contribution in [0.3, 0.4) is 0 Å². The zero-order valence-corrected chi connectivity index (χ0v) is 15.1. The number of halogens is 4. The summed E-state index contributed by atoms with van der Waals surface area (Å²) >= 11 is 12.5. The van der Waals surface area contributed by atoms with Crippen molar-refractivity contribution in [3.8, 4) is 11.5 Å². The fourth-order valence-corrected chi connectivity index (χ4v) is 2.82. The molecule has 0 amide bonds. The molecule has 0 N–H and O–H groups in total. The van der Waals surface area contributed by atoms with E-state index in [0.717, 1.165) is 10.0 Å². The van der Waals surface area contributed by atoms with Crippen LogP contribution >= 0.6 is 43.5 Å². The van der Waals surface area contributed by atoms with Crippen LogP contribution in [0.15, 0.2) is 34.8 Å². The normalized spacial score (nSPS) is 10.5. The standard InChI is InChI=1S/C15H12Br2ClFO2/c1-20-14-6-10(7-16)4-11(17)15(14)21-8-9-2-3-12(18)13(19)5-9/h2-6H,7-8H2,1H3. The van der Waals surface area contributed by atoms with Crippen LogP contribution in [0.5, 0.6) is 11.5 Å². The molecule has 0 saturated heterocycles. The molecule has 2 rings (SSSR count). The Labute approximate surface area is 144 Å². The van der Waals surface area contributed by atoms with Gasteiger partial charge < -0.3 is 9.47 Å². The maximum absolute atomic E-state index is 13.4. The average Bonchev–Trinajstić information content (AvgIpc) is 2.48. The van der Waals surface area contributed by atoms with Crippen molar-refractivity contribution in [2.45, 2.75) is 11.9 Å². The van der Waals surface area contributed by atoms with Gasteiger partial charge in [0.05, 0.1) is 16.6 Å². The highest BCUT2D eigenvalue weighted by molar-refractivity contribution is 9.10. The zero-order valence-electron chi connectivity index (χ0n) is 11.1. The number of methoxy groups -OCH3 is 1. The van der Waals surface area contributed by atoms with Gasteiger partial charge in [-0.15, -0.1) is 0 Å². The van der Waals surface area contributed by atoms with Gasteiger partial charge in [0.25, 0.3) is 0 Å². The van der Waals surface area contributed by atoms with Gasteiger partial charge in [-0.05, 0) is 51.3 Å². The van der Waals surface area contributed by atoms with Crippen LogP contribution in [-0.2, 0) is 11.9 Å². The Hall–Kier alpha value is -0.780. The van der Waals surface area contributed by atoms with Crippen molar-refractivity contribution in [3.05, 3.63) is 56.8 Å². The molecule has 0 aromatic heterocycles. The van der Waals surface area contributed by atoms with Gasteiger partial charge in [0.1, 0.15) is 12.4 Å². The van der Waals surface area contributed by atoms with E-state index >= 15 is 0 Å². The van der Waals surface area contributed by atoms with Gasteiger partial charge in [-0.25, -0.2) is 4.39 Å². The summed E-state index contributed by atoms with van der Waals surface area (Å²) in [7, 11) is 1.58. The maximum Gasteiger partial charge on any atom is 0.175 e. The van der Waals surface area contributed by atoms with Crippen molar-refractivity contribution in [1.82, 2.24) is 0 Å². The molecule has 2 aromatic rings. The lowest BCUT2D eigenvalue weighted by molar-refractivity contribution is 0.282. The van der Waals surface area contributed by atoms with E-state index in [-0.39, 0.29) is 11.6 Å². The van der Waals surface area contributed by atoms with Crippen LogP contribution in [-0.4, -0.2) is 7.11 Å². The zero-order chi connectivity index (χ0) is 15.4. The number of hydrogen-bond acceptors (Lipinski definition) is 2. The van der Waals surface area contributed by atoms with Gasteiger partial charge >= 0.3 is 0 Å². The summed E-state index contributed by atoms with van der Waals surface area (Å²) in [5, 5.41) is 0.809. The summed E-state index contributed by atoms with van der Waals surface area (Å²) < 4.78 is 25.3. The molecule has 6 heteroatoms. The van der Waals surface area contributed by atoms with Crippen molar-refractivity contribution in [2.24, 2.45) is 0 Å². The van der Waals surface area contributed by atoms with Crippen LogP contribution < -0.4 is 9.47 Å². The van der Waals surface area contributed by atoms with Gasteiger partial charge in [-0.1, -0.05) is 33.6 Å². The molecule has 0 fully saturated rings. The third kappa shape index (κ3) is 4.11. The van der Waals surface area contributed by atoms with Gasteiger partial charge in [-0.2, -0.15) is 0 Å². The van der Waals surface area contributed by atoms with Crippen molar-refractivity contribution in [3.63, 3.8) is 0 Å². The molecule has 2 nitrogen and oxygen atoms in total. The number of benzene rings is 2. The minimum absolute atomic E-state index is 0.0965. The van der Waals surface area contributed by atoms with E-state index in [2.05, 4.69) is 31.9 Å². The van der Waals surface area contributed by atoms with E-state index in [9.17, 15) is 4.39 Å². The first-order valence-electron chi connectivity index (χ1n) is 6.04. The van der Waals surface area contributed by atoms with Gasteiger partial charge in [0, 0.05) is 5.33 Å². The van der Waals surface area contributed by atoms with E-state index in [0.29, 0.717) is 22.4 Å². The van der Waals surface area contributed by atoms with Gasteiger partial charge in [-0.3, -0.25) is 0 Å². The number of alkyl halides is 1. The minimum atomic E-state index is -0.460. The molecule has 112 valence electrons. The Morgan fingerprint density at radius 2 is 1.95 bits per heavy atom. The van der Waals surface area contributed by atoms with Crippen molar-refractivity contribution < 1.29 is 13.9 Å². The quantitative estimate of drug-likeness (QED) is 0.556. The molecule has 0 radical (unpaired) electrons. The highest BCUT2D eigenvalue weighted by Gasteiger charge is 2.12. The fourth-order valence-electron chi connectivity index (χ4n) is 1.78. The molecule has 2 aromatic carbocycles. The second-order valence-corrected chi connectivity index (χ2v) is 6.10. The predicted octanol–water partition coefficient (Wildman–Crippen LogP) is 5.72. The summed E-state index contributed by atoms with van der Waals surface area (Å²) in [4.78, 5) is 0. The Kier molecular flexibility index (Phi) is 5.90. The second kappa shape index (κ2) is 7.47. The molecule has 0 aliphatic rings. The SMILES string of the molecule is COc1cc(CBr)cc(Br)c1OCc1ccc(Cl)c(F)c1. The summed E-state index contributed by atoms with van der Waals surface area (Å²) in [6.07, 6.45) is 0. The third-order valence-electron chi connectivity index (χ3n) is 2.81. The minimum Gasteiger partial charge on any atom is -0.493 e. The number of rotatable bonds is 5. The van der Waals surface area contributed by atoms with Crippen LogP contribution in [0.2, 0.25) is 5.02 Å². The molecule has 0 saturated carbocycles. The molecule has 0 aliphatic carbocycles. The van der Waals surface area contributed by atoms with E-state index in [4.69, 9.17) is 21.1 Å². The van der Waals surface area contributed by atoms with E-state index in [1.807, 2.05) is 12.1 Å². The maximum atomic E-state index is 13.4. The molecular formula is C15H12Br2ClFO2. The second-order valence-electron chi connectivity index (χ2n) is 4.28. The molecule has 0 atom stereocenters. The molecular weight excluding hydrogens is 426 g/mol.